The number of hydrogen-bond donors (Lipinski definition) is 1. The molecule has 0 bridgehead atoms. The van der Waals surface area contributed by atoms with Gasteiger partial charge in [-0.1, -0.05) is 6.92 Å². The zero-order chi connectivity index (χ0) is 20.5. The van der Waals surface area contributed by atoms with E-state index < -0.39 is 35.8 Å². The van der Waals surface area contributed by atoms with Crippen molar-refractivity contribution < 1.29 is 23.9 Å². The molecule has 2 aliphatic rings. The third kappa shape index (κ3) is 3.80. The van der Waals surface area contributed by atoms with Crippen molar-refractivity contribution in [2.24, 2.45) is 5.92 Å². The lowest BCUT2D eigenvalue weighted by Crippen LogP contribution is -2.49. The minimum Gasteiger partial charge on any atom is -0.465 e. The second kappa shape index (κ2) is 7.98. The quantitative estimate of drug-likeness (QED) is 0.440. The molecule has 1 saturated carbocycles. The highest BCUT2D eigenvalue weighted by Crippen LogP contribution is 2.36. The number of nitrogens with zero attached hydrogens (tertiary/aromatic N) is 2. The first-order valence-electron chi connectivity index (χ1n) is 9.53. The minimum atomic E-state index is -1.23. The fourth-order valence-electron chi connectivity index (χ4n) is 3.76. The maximum atomic E-state index is 13.0. The summed E-state index contributed by atoms with van der Waals surface area (Å²) in [5.74, 6) is -2.39. The smallest absolute Gasteiger partial charge is 0.325 e. The van der Waals surface area contributed by atoms with Gasteiger partial charge >= 0.3 is 12.0 Å². The standard InChI is InChI=1S/C19H25N3O5S/c1-4-27-16(24)14(15-20-12(3)10-28-15)13(23)9-22-17(25)19(21-18(22)26)7-5-11(2)6-8-19/h10-11,14H,4-9H2,1-3H3,(H,21,26). The SMILES string of the molecule is CCOC(=O)C(C(=O)CN1C(=O)NC2(CCC(C)CC2)C1=O)c1nc(C)cs1. The summed E-state index contributed by atoms with van der Waals surface area (Å²) in [5.41, 5.74) is -0.228. The molecule has 1 aliphatic carbocycles. The highest BCUT2D eigenvalue weighted by Gasteiger charge is 2.53. The van der Waals surface area contributed by atoms with Crippen LogP contribution in [0.2, 0.25) is 0 Å². The number of aromatic nitrogens is 1. The molecule has 1 aromatic heterocycles. The van der Waals surface area contributed by atoms with Gasteiger partial charge in [-0.3, -0.25) is 19.3 Å². The number of nitrogens with one attached hydrogen (secondary N) is 1. The van der Waals surface area contributed by atoms with Gasteiger partial charge in [0.05, 0.1) is 13.2 Å². The number of esters is 1. The molecule has 1 N–H and O–H groups in total. The Bertz CT molecular complexity index is 797. The average Bonchev–Trinajstić information content (AvgIpc) is 3.15. The van der Waals surface area contributed by atoms with Gasteiger partial charge in [0.15, 0.2) is 11.7 Å². The van der Waals surface area contributed by atoms with E-state index in [1.807, 2.05) is 0 Å². The van der Waals surface area contributed by atoms with E-state index in [1.54, 1.807) is 19.2 Å². The molecule has 8 nitrogen and oxygen atoms in total. The number of imide groups is 1. The summed E-state index contributed by atoms with van der Waals surface area (Å²) in [4.78, 5) is 55.9. The van der Waals surface area contributed by atoms with Crippen LogP contribution >= 0.6 is 11.3 Å². The van der Waals surface area contributed by atoms with Gasteiger partial charge in [-0.15, -0.1) is 11.3 Å². The van der Waals surface area contributed by atoms with Crippen molar-refractivity contribution >= 4 is 35.0 Å². The average molecular weight is 407 g/mol. The molecule has 9 heteroatoms. The molecule has 2 heterocycles. The van der Waals surface area contributed by atoms with E-state index >= 15 is 0 Å². The number of carbonyl (C=O) groups is 4. The Kier molecular flexibility index (Phi) is 5.83. The first-order valence-corrected chi connectivity index (χ1v) is 10.4. The van der Waals surface area contributed by atoms with Gasteiger partial charge in [-0.05, 0) is 45.4 Å². The number of rotatable bonds is 6. The highest BCUT2D eigenvalue weighted by molar-refractivity contribution is 7.10. The molecule has 3 amide bonds. The van der Waals surface area contributed by atoms with Crippen LogP contribution in [0.4, 0.5) is 4.79 Å². The normalized spacial score (nSPS) is 25.7. The molecule has 1 aliphatic heterocycles. The largest absolute Gasteiger partial charge is 0.465 e. The molecule has 0 radical (unpaired) electrons. The van der Waals surface area contributed by atoms with Gasteiger partial charge in [0, 0.05) is 11.1 Å². The number of thiazole rings is 1. The maximum Gasteiger partial charge on any atom is 0.325 e. The zero-order valence-corrected chi connectivity index (χ0v) is 17.1. The van der Waals surface area contributed by atoms with Gasteiger partial charge < -0.3 is 10.1 Å². The van der Waals surface area contributed by atoms with E-state index in [2.05, 4.69) is 17.2 Å². The van der Waals surface area contributed by atoms with Crippen LogP contribution < -0.4 is 5.32 Å². The van der Waals surface area contributed by atoms with E-state index in [4.69, 9.17) is 4.74 Å². The van der Waals surface area contributed by atoms with Crippen LogP contribution in [0.5, 0.6) is 0 Å². The molecule has 152 valence electrons. The summed E-state index contributed by atoms with van der Waals surface area (Å²) in [6.07, 6.45) is 2.82. The molecule has 0 aromatic carbocycles. The Morgan fingerprint density at radius 2 is 2.07 bits per heavy atom. The molecular weight excluding hydrogens is 382 g/mol. The number of amides is 3. The predicted molar refractivity (Wildman–Crippen MR) is 102 cm³/mol. The zero-order valence-electron chi connectivity index (χ0n) is 16.3. The highest BCUT2D eigenvalue weighted by atomic mass is 32.1. The third-order valence-corrected chi connectivity index (χ3v) is 6.44. The van der Waals surface area contributed by atoms with E-state index in [0.29, 0.717) is 29.5 Å². The van der Waals surface area contributed by atoms with Crippen molar-refractivity contribution in [1.29, 1.82) is 0 Å². The third-order valence-electron chi connectivity index (χ3n) is 5.42. The van der Waals surface area contributed by atoms with Crippen LogP contribution in [-0.4, -0.2) is 52.3 Å². The minimum absolute atomic E-state index is 0.122. The Hall–Kier alpha value is -2.29. The monoisotopic (exact) mass is 407 g/mol. The van der Waals surface area contributed by atoms with E-state index in [0.717, 1.165) is 17.7 Å². The van der Waals surface area contributed by atoms with Crippen LogP contribution in [0, 0.1) is 12.8 Å². The van der Waals surface area contributed by atoms with Gasteiger partial charge in [-0.25, -0.2) is 9.78 Å². The van der Waals surface area contributed by atoms with Crippen LogP contribution in [0.1, 0.15) is 56.2 Å². The van der Waals surface area contributed by atoms with Crippen molar-refractivity contribution in [1.82, 2.24) is 15.2 Å². The van der Waals surface area contributed by atoms with E-state index in [9.17, 15) is 19.2 Å². The summed E-state index contributed by atoms with van der Waals surface area (Å²) < 4.78 is 5.03. The van der Waals surface area contributed by atoms with Gasteiger partial charge in [0.25, 0.3) is 5.91 Å². The topological polar surface area (TPSA) is 106 Å². The van der Waals surface area contributed by atoms with Crippen LogP contribution in [0.3, 0.4) is 0 Å². The fourth-order valence-corrected chi connectivity index (χ4v) is 4.67. The maximum absolute atomic E-state index is 13.0. The van der Waals surface area contributed by atoms with Crippen LogP contribution in [0.25, 0.3) is 0 Å². The van der Waals surface area contributed by atoms with Crippen molar-refractivity contribution in [3.05, 3.63) is 16.1 Å². The molecule has 1 spiro atoms. The number of aryl methyl sites for hydroxylation is 1. The Balaban J connectivity index is 1.78. The second-order valence-electron chi connectivity index (χ2n) is 7.56. The Labute approximate surface area is 167 Å². The lowest BCUT2D eigenvalue weighted by atomic mass is 9.77. The molecular formula is C19H25N3O5S. The van der Waals surface area contributed by atoms with Gasteiger partial charge in [-0.2, -0.15) is 0 Å². The summed E-state index contributed by atoms with van der Waals surface area (Å²) >= 11 is 1.18. The summed E-state index contributed by atoms with van der Waals surface area (Å²) in [7, 11) is 0. The molecule has 3 rings (SSSR count). The van der Waals surface area contributed by atoms with Crippen molar-refractivity contribution in [2.45, 2.75) is 57.9 Å². The molecule has 1 saturated heterocycles. The number of ketones is 1. The van der Waals surface area contributed by atoms with Gasteiger partial charge in [0.2, 0.25) is 0 Å². The first-order chi connectivity index (χ1) is 13.3. The number of Topliss-reactive ketones (excluding diaryl/α,β-unsaturated/α-hetero) is 1. The molecule has 2 fully saturated rings. The van der Waals surface area contributed by atoms with Crippen molar-refractivity contribution in [3.63, 3.8) is 0 Å². The number of ether oxygens (including phenoxy) is 1. The second-order valence-corrected chi connectivity index (χ2v) is 8.45. The van der Waals surface area contributed by atoms with E-state index in [1.165, 1.54) is 11.3 Å². The Morgan fingerprint density at radius 3 is 2.64 bits per heavy atom. The summed E-state index contributed by atoms with van der Waals surface area (Å²) in [6, 6.07) is -0.578. The van der Waals surface area contributed by atoms with Crippen LogP contribution in [0.15, 0.2) is 5.38 Å². The fraction of sp³-hybridized carbons (Fsp3) is 0.632. The first kappa shape index (κ1) is 20.4. The Morgan fingerprint density at radius 1 is 1.39 bits per heavy atom. The summed E-state index contributed by atoms with van der Waals surface area (Å²) in [6.45, 7) is 5.19. The number of carbonyl (C=O) groups excluding carboxylic acids is 4. The summed E-state index contributed by atoms with van der Waals surface area (Å²) in [5, 5.41) is 4.84. The van der Waals surface area contributed by atoms with E-state index in [-0.39, 0.29) is 12.5 Å². The van der Waals surface area contributed by atoms with Gasteiger partial charge in [0.1, 0.15) is 10.5 Å². The molecule has 1 unspecified atom stereocenters. The molecule has 28 heavy (non-hydrogen) atoms. The van der Waals surface area contributed by atoms with Crippen LogP contribution in [-0.2, 0) is 19.1 Å². The van der Waals surface area contributed by atoms with Crippen molar-refractivity contribution in [3.8, 4) is 0 Å². The molecule has 1 aromatic rings. The lowest BCUT2D eigenvalue weighted by molar-refractivity contribution is -0.149. The number of urea groups is 1. The lowest BCUT2D eigenvalue weighted by Gasteiger charge is -2.33. The predicted octanol–water partition coefficient (Wildman–Crippen LogP) is 2.17. The number of hydrogen-bond acceptors (Lipinski definition) is 7. The molecule has 1 atom stereocenters. The van der Waals surface area contributed by atoms with Crippen molar-refractivity contribution in [2.75, 3.05) is 13.2 Å².